The quantitative estimate of drug-likeness (QED) is 0.192. The van der Waals surface area contributed by atoms with Gasteiger partial charge in [0.1, 0.15) is 0 Å². The Morgan fingerprint density at radius 1 is 0.485 bits per heavy atom. The van der Waals surface area contributed by atoms with Crippen LogP contribution < -0.4 is 0 Å². The minimum atomic E-state index is -3.06. The first kappa shape index (κ1) is 28.5. The van der Waals surface area contributed by atoms with Gasteiger partial charge in [-0.2, -0.15) is 0 Å². The van der Waals surface area contributed by atoms with Crippen LogP contribution in [0.25, 0.3) is 0 Å². The van der Waals surface area contributed by atoms with Crippen LogP contribution in [0.5, 0.6) is 0 Å². The third kappa shape index (κ3) is 9.42. The molecule has 2 rings (SSSR count). The fourth-order valence-electron chi connectivity index (χ4n) is 5.01. The zero-order valence-electron chi connectivity index (χ0n) is 22.1. The number of nitrogens with zero attached hydrogens (tertiary/aromatic N) is 2. The van der Waals surface area contributed by atoms with Gasteiger partial charge < -0.3 is 0 Å². The Morgan fingerprint density at radius 3 is 1.06 bits per heavy atom. The maximum atomic E-state index is 3.10. The first-order valence-electron chi connectivity index (χ1n) is 13.8. The van der Waals surface area contributed by atoms with E-state index in [0.717, 1.165) is 0 Å². The SMILES string of the molecule is CCCC[N](CCCC)[Zr]([CH2]c1ccccc1)([CH2]c1ccccc1)[N](CCCC)CCCC. The van der Waals surface area contributed by atoms with Crippen molar-refractivity contribution in [3.8, 4) is 0 Å². The van der Waals surface area contributed by atoms with Gasteiger partial charge in [0.15, 0.2) is 0 Å². The zero-order valence-corrected chi connectivity index (χ0v) is 24.5. The van der Waals surface area contributed by atoms with Crippen molar-refractivity contribution in [1.29, 1.82) is 0 Å². The summed E-state index contributed by atoms with van der Waals surface area (Å²) < 4.78 is 8.80. The van der Waals surface area contributed by atoms with E-state index >= 15 is 0 Å². The standard InChI is InChI=1S/2C8H18N.2C7H7.Zr/c2*1-3-5-7-9-8-6-4-2;2*1-7-5-3-2-4-6-7;/h2*3-8H2,1-2H3;2*2-6H,1H2;/q2*-1;;;+2. The fraction of sp³-hybridized carbons (Fsp3) is 0.600. The molecule has 2 aromatic rings. The van der Waals surface area contributed by atoms with Crippen LogP contribution >= 0.6 is 0 Å². The number of hydrogen-bond acceptors (Lipinski definition) is 2. The number of benzene rings is 2. The molecule has 0 fully saturated rings. The topological polar surface area (TPSA) is 6.48 Å². The van der Waals surface area contributed by atoms with Crippen molar-refractivity contribution in [2.45, 2.75) is 87.3 Å². The van der Waals surface area contributed by atoms with Crippen molar-refractivity contribution in [2.24, 2.45) is 0 Å². The van der Waals surface area contributed by atoms with Crippen LogP contribution in [0, 0.1) is 0 Å². The summed E-state index contributed by atoms with van der Waals surface area (Å²) >= 11 is -3.06. The number of hydrogen-bond donors (Lipinski definition) is 0. The van der Waals surface area contributed by atoms with Crippen molar-refractivity contribution < 1.29 is 20.8 Å². The number of rotatable bonds is 18. The molecule has 184 valence electrons. The van der Waals surface area contributed by atoms with E-state index in [-0.39, 0.29) is 0 Å². The first-order chi connectivity index (χ1) is 16.2. The maximum absolute atomic E-state index is 3.10. The summed E-state index contributed by atoms with van der Waals surface area (Å²) in [4.78, 5) is 0. The summed E-state index contributed by atoms with van der Waals surface area (Å²) in [7, 11) is 0. The Bertz CT molecular complexity index is 639. The normalized spacial score (nSPS) is 12.1. The first-order valence-corrected chi connectivity index (χ1v) is 19.5. The van der Waals surface area contributed by atoms with E-state index in [0.29, 0.717) is 0 Å². The van der Waals surface area contributed by atoms with Crippen molar-refractivity contribution in [3.63, 3.8) is 0 Å². The molecule has 0 saturated heterocycles. The van der Waals surface area contributed by atoms with Gasteiger partial charge in [0.2, 0.25) is 0 Å². The predicted octanol–water partition coefficient (Wildman–Crippen LogP) is 8.18. The average Bonchev–Trinajstić information content (AvgIpc) is 2.85. The summed E-state index contributed by atoms with van der Waals surface area (Å²) in [6, 6.07) is 22.9. The molecule has 0 unspecified atom stereocenters. The van der Waals surface area contributed by atoms with E-state index in [9.17, 15) is 0 Å². The minimum absolute atomic E-state index is 1.28. The Kier molecular flexibility index (Phi) is 14.5. The molecule has 0 atom stereocenters. The van der Waals surface area contributed by atoms with Crippen LogP contribution in [0.3, 0.4) is 0 Å². The van der Waals surface area contributed by atoms with E-state index in [1.165, 1.54) is 85.8 Å². The fourth-order valence-corrected chi connectivity index (χ4v) is 18.5. The molecule has 0 bridgehead atoms. The molecule has 0 heterocycles. The molecule has 0 N–H and O–H groups in total. The van der Waals surface area contributed by atoms with E-state index in [2.05, 4.69) is 94.0 Å². The molecule has 0 aliphatic carbocycles. The van der Waals surface area contributed by atoms with Crippen molar-refractivity contribution in [3.05, 3.63) is 71.8 Å². The molecule has 33 heavy (non-hydrogen) atoms. The van der Waals surface area contributed by atoms with Crippen molar-refractivity contribution >= 4 is 0 Å². The van der Waals surface area contributed by atoms with Gasteiger partial charge in [-0.3, -0.25) is 0 Å². The van der Waals surface area contributed by atoms with Gasteiger partial charge in [-0.05, 0) is 0 Å². The van der Waals surface area contributed by atoms with Crippen LogP contribution in [-0.2, 0) is 29.1 Å². The summed E-state index contributed by atoms with van der Waals surface area (Å²) in [5, 5.41) is 0. The van der Waals surface area contributed by atoms with E-state index in [4.69, 9.17) is 0 Å². The molecule has 0 aliphatic rings. The molecule has 0 saturated carbocycles. The molecular weight excluding hydrogens is 480 g/mol. The molecule has 0 amide bonds. The van der Waals surface area contributed by atoms with Gasteiger partial charge in [0, 0.05) is 0 Å². The van der Waals surface area contributed by atoms with Crippen LogP contribution in [0.4, 0.5) is 0 Å². The monoisotopic (exact) mass is 528 g/mol. The van der Waals surface area contributed by atoms with E-state index in [1.807, 2.05) is 0 Å². The van der Waals surface area contributed by atoms with Crippen molar-refractivity contribution in [2.75, 3.05) is 26.2 Å². The zero-order chi connectivity index (χ0) is 23.8. The summed E-state index contributed by atoms with van der Waals surface area (Å²) in [6.45, 7) is 14.5. The van der Waals surface area contributed by atoms with Gasteiger partial charge >= 0.3 is 212 Å². The molecule has 3 heteroatoms. The Balaban J connectivity index is 2.61. The van der Waals surface area contributed by atoms with Gasteiger partial charge in [-0.25, -0.2) is 0 Å². The third-order valence-corrected chi connectivity index (χ3v) is 19.7. The van der Waals surface area contributed by atoms with Gasteiger partial charge in [0.05, 0.1) is 0 Å². The van der Waals surface area contributed by atoms with Gasteiger partial charge in [0.25, 0.3) is 0 Å². The second-order valence-corrected chi connectivity index (χ2v) is 19.4. The predicted molar refractivity (Wildman–Crippen MR) is 143 cm³/mol. The van der Waals surface area contributed by atoms with Crippen molar-refractivity contribution in [1.82, 2.24) is 5.69 Å². The molecule has 2 nitrogen and oxygen atoms in total. The van der Waals surface area contributed by atoms with Crippen LogP contribution in [0.2, 0.25) is 0 Å². The number of unbranched alkanes of at least 4 members (excludes halogenated alkanes) is 4. The summed E-state index contributed by atoms with van der Waals surface area (Å²) in [5.74, 6) is 0. The van der Waals surface area contributed by atoms with Crippen LogP contribution in [0.15, 0.2) is 60.7 Å². The summed E-state index contributed by atoms with van der Waals surface area (Å²) in [5.41, 5.74) is 3.11. The molecule has 2 aromatic carbocycles. The summed E-state index contributed by atoms with van der Waals surface area (Å²) in [6.07, 6.45) is 10.4. The van der Waals surface area contributed by atoms with E-state index in [1.54, 1.807) is 11.1 Å². The van der Waals surface area contributed by atoms with Gasteiger partial charge in [-0.1, -0.05) is 0 Å². The Morgan fingerprint density at radius 2 is 0.788 bits per heavy atom. The average molecular weight is 530 g/mol. The Hall–Kier alpha value is -0.757. The molecular formula is C30H50N2Zr. The second kappa shape index (κ2) is 16.8. The molecule has 0 aromatic heterocycles. The van der Waals surface area contributed by atoms with Crippen LogP contribution in [-0.4, -0.2) is 31.9 Å². The van der Waals surface area contributed by atoms with Crippen LogP contribution in [0.1, 0.15) is 90.2 Å². The Labute approximate surface area is 211 Å². The molecule has 0 spiro atoms. The van der Waals surface area contributed by atoms with E-state index < -0.39 is 20.8 Å². The molecule has 0 aliphatic heterocycles. The third-order valence-electron chi connectivity index (χ3n) is 6.96. The second-order valence-electron chi connectivity index (χ2n) is 9.70. The molecule has 0 radical (unpaired) electrons. The van der Waals surface area contributed by atoms with Gasteiger partial charge in [-0.15, -0.1) is 0 Å².